The molecule has 0 spiro atoms. The Morgan fingerprint density at radius 2 is 1.84 bits per heavy atom. The highest BCUT2D eigenvalue weighted by molar-refractivity contribution is 5.86. The molecule has 0 radical (unpaired) electrons. The molecule has 1 aliphatic heterocycles. The van der Waals surface area contributed by atoms with Crippen molar-refractivity contribution in [3.05, 3.63) is 35.9 Å². The molecule has 0 aliphatic carbocycles. The van der Waals surface area contributed by atoms with Gasteiger partial charge in [-0.1, -0.05) is 30.3 Å². The van der Waals surface area contributed by atoms with E-state index in [1.165, 1.54) is 7.11 Å². The first-order valence-electron chi connectivity index (χ1n) is 8.92. The number of methoxy groups -OCH3 is 1. The summed E-state index contributed by atoms with van der Waals surface area (Å²) in [4.78, 5) is 26.7. The van der Waals surface area contributed by atoms with E-state index in [9.17, 15) is 9.59 Å². The second kappa shape index (κ2) is 9.42. The molecule has 6 nitrogen and oxygen atoms in total. The Balaban J connectivity index is 1.94. The minimum atomic E-state index is -0.641. The predicted molar refractivity (Wildman–Crippen MR) is 97.3 cm³/mol. The van der Waals surface area contributed by atoms with E-state index in [0.29, 0.717) is 12.5 Å². The van der Waals surface area contributed by atoms with Gasteiger partial charge in [-0.05, 0) is 32.3 Å². The largest absolute Gasteiger partial charge is 0.453 e. The van der Waals surface area contributed by atoms with Crippen molar-refractivity contribution in [2.24, 2.45) is 0 Å². The van der Waals surface area contributed by atoms with Crippen molar-refractivity contribution in [3.63, 3.8) is 0 Å². The lowest BCUT2D eigenvalue weighted by molar-refractivity contribution is -0.124. The smallest absolute Gasteiger partial charge is 0.407 e. The number of benzene rings is 1. The van der Waals surface area contributed by atoms with Crippen LogP contribution in [-0.4, -0.2) is 55.2 Å². The van der Waals surface area contributed by atoms with Gasteiger partial charge in [0.25, 0.3) is 0 Å². The van der Waals surface area contributed by atoms with Gasteiger partial charge < -0.3 is 20.3 Å². The van der Waals surface area contributed by atoms with Crippen LogP contribution in [0.25, 0.3) is 0 Å². The maximum absolute atomic E-state index is 12.7. The van der Waals surface area contributed by atoms with Crippen LogP contribution >= 0.6 is 0 Å². The van der Waals surface area contributed by atoms with E-state index >= 15 is 0 Å². The van der Waals surface area contributed by atoms with Gasteiger partial charge in [-0.25, -0.2) is 4.79 Å². The third-order valence-corrected chi connectivity index (χ3v) is 4.68. The second-order valence-electron chi connectivity index (χ2n) is 6.79. The van der Waals surface area contributed by atoms with Crippen LogP contribution in [0.3, 0.4) is 0 Å². The first kappa shape index (κ1) is 19.2. The number of hydrogen-bond acceptors (Lipinski definition) is 4. The number of carbonyl (C=O) groups excluding carboxylic acids is 2. The molecular weight excluding hydrogens is 318 g/mol. The van der Waals surface area contributed by atoms with Gasteiger partial charge in [0.1, 0.15) is 6.04 Å². The molecule has 1 unspecified atom stereocenters. The molecule has 2 amide bonds. The highest BCUT2D eigenvalue weighted by atomic mass is 16.5. The minimum Gasteiger partial charge on any atom is -0.453 e. The SMILES string of the molecule is COC(=O)NC(Cc1ccccc1)C(=O)NC1CCN(C(C)C)CC1. The van der Waals surface area contributed by atoms with Gasteiger partial charge in [0.2, 0.25) is 5.91 Å². The van der Waals surface area contributed by atoms with Crippen molar-refractivity contribution in [3.8, 4) is 0 Å². The Morgan fingerprint density at radius 3 is 2.40 bits per heavy atom. The average molecular weight is 347 g/mol. The van der Waals surface area contributed by atoms with Crippen LogP contribution in [0.2, 0.25) is 0 Å². The van der Waals surface area contributed by atoms with Crippen LogP contribution in [-0.2, 0) is 16.0 Å². The van der Waals surface area contributed by atoms with Crippen molar-refractivity contribution < 1.29 is 14.3 Å². The first-order valence-corrected chi connectivity index (χ1v) is 8.92. The van der Waals surface area contributed by atoms with Crippen molar-refractivity contribution >= 4 is 12.0 Å². The molecule has 6 heteroatoms. The zero-order valence-corrected chi connectivity index (χ0v) is 15.3. The molecule has 1 aliphatic rings. The normalized spacial score (nSPS) is 17.1. The highest BCUT2D eigenvalue weighted by Gasteiger charge is 2.26. The molecular formula is C19H29N3O3. The molecule has 0 saturated carbocycles. The molecule has 0 aromatic heterocycles. The fourth-order valence-corrected chi connectivity index (χ4v) is 3.12. The monoisotopic (exact) mass is 347 g/mol. The Labute approximate surface area is 149 Å². The molecule has 0 bridgehead atoms. The number of carbonyl (C=O) groups is 2. The summed E-state index contributed by atoms with van der Waals surface area (Å²) < 4.78 is 4.66. The van der Waals surface area contributed by atoms with E-state index in [-0.39, 0.29) is 11.9 Å². The summed E-state index contributed by atoms with van der Waals surface area (Å²) in [6.07, 6.45) is 1.71. The fourth-order valence-electron chi connectivity index (χ4n) is 3.12. The number of piperidine rings is 1. The van der Waals surface area contributed by atoms with Gasteiger partial charge in [0.15, 0.2) is 0 Å². The Hall–Kier alpha value is -2.08. The quantitative estimate of drug-likeness (QED) is 0.825. The molecule has 1 aromatic carbocycles. The summed E-state index contributed by atoms with van der Waals surface area (Å²) in [5, 5.41) is 5.74. The Kier molecular flexibility index (Phi) is 7.25. The topological polar surface area (TPSA) is 70.7 Å². The van der Waals surface area contributed by atoms with E-state index in [1.807, 2.05) is 30.3 Å². The molecule has 1 saturated heterocycles. The first-order chi connectivity index (χ1) is 12.0. The molecule has 1 atom stereocenters. The van der Waals surface area contributed by atoms with E-state index in [2.05, 4.69) is 34.1 Å². The predicted octanol–water partition coefficient (Wildman–Crippen LogP) is 1.94. The Bertz CT molecular complexity index is 554. The van der Waals surface area contributed by atoms with Crippen molar-refractivity contribution in [1.82, 2.24) is 15.5 Å². The molecule has 2 rings (SSSR count). The van der Waals surface area contributed by atoms with E-state index in [0.717, 1.165) is 31.5 Å². The van der Waals surface area contributed by atoms with Gasteiger partial charge in [0, 0.05) is 31.6 Å². The van der Waals surface area contributed by atoms with Crippen LogP contribution in [0.1, 0.15) is 32.3 Å². The van der Waals surface area contributed by atoms with Gasteiger partial charge >= 0.3 is 6.09 Å². The van der Waals surface area contributed by atoms with E-state index < -0.39 is 12.1 Å². The third kappa shape index (κ3) is 6.05. The van der Waals surface area contributed by atoms with Crippen molar-refractivity contribution in [2.75, 3.05) is 20.2 Å². The van der Waals surface area contributed by atoms with E-state index in [4.69, 9.17) is 0 Å². The molecule has 1 heterocycles. The lowest BCUT2D eigenvalue weighted by atomic mass is 10.0. The van der Waals surface area contributed by atoms with Crippen LogP contribution in [0.4, 0.5) is 4.79 Å². The number of alkyl carbamates (subject to hydrolysis) is 1. The zero-order valence-electron chi connectivity index (χ0n) is 15.3. The second-order valence-corrected chi connectivity index (χ2v) is 6.79. The van der Waals surface area contributed by atoms with Crippen molar-refractivity contribution in [1.29, 1.82) is 0 Å². The number of nitrogens with zero attached hydrogens (tertiary/aromatic N) is 1. The molecule has 1 fully saturated rings. The standard InChI is InChI=1S/C19H29N3O3/c1-14(2)22-11-9-16(10-12-22)20-18(23)17(21-19(24)25-3)13-15-7-5-4-6-8-15/h4-8,14,16-17H,9-13H2,1-3H3,(H,20,23)(H,21,24). The zero-order chi connectivity index (χ0) is 18.2. The number of amides is 2. The van der Waals surface area contributed by atoms with Crippen LogP contribution in [0.15, 0.2) is 30.3 Å². The van der Waals surface area contributed by atoms with Gasteiger partial charge in [-0.15, -0.1) is 0 Å². The summed E-state index contributed by atoms with van der Waals surface area (Å²) in [5.74, 6) is -0.155. The maximum atomic E-state index is 12.7. The van der Waals surface area contributed by atoms with E-state index in [1.54, 1.807) is 0 Å². The summed E-state index contributed by atoms with van der Waals surface area (Å²) >= 11 is 0. The molecule has 25 heavy (non-hydrogen) atoms. The number of nitrogens with one attached hydrogen (secondary N) is 2. The summed E-state index contributed by atoms with van der Waals surface area (Å²) in [6.45, 7) is 6.34. The fraction of sp³-hybridized carbons (Fsp3) is 0.579. The third-order valence-electron chi connectivity index (χ3n) is 4.68. The summed E-state index contributed by atoms with van der Waals surface area (Å²) in [5.41, 5.74) is 0.994. The lowest BCUT2D eigenvalue weighted by Gasteiger charge is -2.35. The number of likely N-dealkylation sites (tertiary alicyclic amines) is 1. The van der Waals surface area contributed by atoms with Gasteiger partial charge in [0.05, 0.1) is 7.11 Å². The van der Waals surface area contributed by atoms with Gasteiger partial charge in [-0.2, -0.15) is 0 Å². The molecule has 1 aromatic rings. The van der Waals surface area contributed by atoms with Crippen LogP contribution < -0.4 is 10.6 Å². The molecule has 138 valence electrons. The number of rotatable bonds is 6. The average Bonchev–Trinajstić information content (AvgIpc) is 2.62. The minimum absolute atomic E-state index is 0.153. The van der Waals surface area contributed by atoms with Crippen LogP contribution in [0, 0.1) is 0 Å². The van der Waals surface area contributed by atoms with Gasteiger partial charge in [-0.3, -0.25) is 4.79 Å². The maximum Gasteiger partial charge on any atom is 0.407 e. The summed E-state index contributed by atoms with van der Waals surface area (Å²) in [6, 6.07) is 9.70. The lowest BCUT2D eigenvalue weighted by Crippen LogP contribution is -2.53. The number of ether oxygens (including phenoxy) is 1. The number of hydrogen-bond donors (Lipinski definition) is 2. The van der Waals surface area contributed by atoms with Crippen molar-refractivity contribution in [2.45, 2.75) is 51.2 Å². The van der Waals surface area contributed by atoms with Crippen LogP contribution in [0.5, 0.6) is 0 Å². The molecule has 2 N–H and O–H groups in total. The summed E-state index contributed by atoms with van der Waals surface area (Å²) in [7, 11) is 1.30. The highest BCUT2D eigenvalue weighted by Crippen LogP contribution is 2.13. The Morgan fingerprint density at radius 1 is 1.20 bits per heavy atom.